The first kappa shape index (κ1) is 13.3. The lowest BCUT2D eigenvalue weighted by atomic mass is 10.2. The van der Waals surface area contributed by atoms with E-state index >= 15 is 0 Å². The maximum Gasteiger partial charge on any atom is 0.130 e. The van der Waals surface area contributed by atoms with Gasteiger partial charge in [0.05, 0.1) is 0 Å². The lowest BCUT2D eigenvalue weighted by molar-refractivity contribution is 0.204. The van der Waals surface area contributed by atoms with Gasteiger partial charge in [-0.1, -0.05) is 6.07 Å². The fourth-order valence-corrected chi connectivity index (χ4v) is 2.20. The summed E-state index contributed by atoms with van der Waals surface area (Å²) in [6, 6.07) is 4.82. The van der Waals surface area contributed by atoms with Crippen molar-refractivity contribution in [3.05, 3.63) is 23.9 Å². The Morgan fingerprint density at radius 2 is 2.22 bits per heavy atom. The fraction of sp³-hybridized carbons (Fsp3) is 0.667. The maximum atomic E-state index is 4.44. The zero-order valence-electron chi connectivity index (χ0n) is 11.8. The number of pyridine rings is 1. The number of rotatable bonds is 7. The van der Waals surface area contributed by atoms with E-state index in [2.05, 4.69) is 42.0 Å². The van der Waals surface area contributed by atoms with Crippen molar-refractivity contribution in [2.24, 2.45) is 5.92 Å². The van der Waals surface area contributed by atoms with Gasteiger partial charge in [-0.25, -0.2) is 4.98 Å². The number of aromatic nitrogens is 1. The average molecular weight is 247 g/mol. The van der Waals surface area contributed by atoms with Crippen LogP contribution in [0.4, 0.5) is 5.82 Å². The summed E-state index contributed by atoms with van der Waals surface area (Å²) in [5.74, 6) is 1.98. The summed E-state index contributed by atoms with van der Waals surface area (Å²) in [4.78, 5) is 7.00. The molecule has 0 saturated heterocycles. The van der Waals surface area contributed by atoms with Crippen LogP contribution < -0.4 is 5.32 Å². The molecule has 1 N–H and O–H groups in total. The molecule has 18 heavy (non-hydrogen) atoms. The third-order valence-electron chi connectivity index (χ3n) is 3.53. The highest BCUT2D eigenvalue weighted by molar-refractivity contribution is 5.43. The Morgan fingerprint density at radius 1 is 1.44 bits per heavy atom. The number of anilines is 1. The van der Waals surface area contributed by atoms with E-state index in [-0.39, 0.29) is 0 Å². The van der Waals surface area contributed by atoms with Crippen LogP contribution in [-0.4, -0.2) is 29.0 Å². The second-order valence-electron chi connectivity index (χ2n) is 5.51. The van der Waals surface area contributed by atoms with Crippen LogP contribution in [-0.2, 0) is 6.54 Å². The van der Waals surface area contributed by atoms with Gasteiger partial charge in [0.25, 0.3) is 0 Å². The maximum absolute atomic E-state index is 4.44. The molecule has 2 rings (SSSR count). The van der Waals surface area contributed by atoms with Crippen molar-refractivity contribution >= 4 is 5.82 Å². The number of nitrogens with one attached hydrogen (secondary N) is 1. The van der Waals surface area contributed by atoms with Crippen molar-refractivity contribution in [2.45, 2.75) is 46.2 Å². The summed E-state index contributed by atoms with van der Waals surface area (Å²) in [5.41, 5.74) is 1.31. The highest BCUT2D eigenvalue weighted by atomic mass is 15.2. The van der Waals surface area contributed by atoms with Gasteiger partial charge in [-0.05, 0) is 45.6 Å². The largest absolute Gasteiger partial charge is 0.370 e. The third-order valence-corrected chi connectivity index (χ3v) is 3.53. The summed E-state index contributed by atoms with van der Waals surface area (Å²) >= 11 is 0. The van der Waals surface area contributed by atoms with Crippen molar-refractivity contribution in [3.8, 4) is 0 Å². The Bertz CT molecular complexity index is 372. The normalized spacial score (nSPS) is 15.4. The van der Waals surface area contributed by atoms with Crippen LogP contribution in [0.15, 0.2) is 18.3 Å². The first-order valence-electron chi connectivity index (χ1n) is 7.12. The standard InChI is InChI=1S/C15H25N3/c1-4-16-15-14(6-5-9-17-15)11-18(12(2)3)10-13-7-8-13/h5-6,9,12-13H,4,7-8,10-11H2,1-3H3,(H,16,17). The molecule has 0 radical (unpaired) electrons. The molecular formula is C15H25N3. The molecule has 1 fully saturated rings. The zero-order valence-corrected chi connectivity index (χ0v) is 11.8. The quantitative estimate of drug-likeness (QED) is 0.802. The van der Waals surface area contributed by atoms with Crippen LogP contribution in [0.2, 0.25) is 0 Å². The molecule has 0 spiro atoms. The highest BCUT2D eigenvalue weighted by Gasteiger charge is 2.25. The third kappa shape index (κ3) is 3.70. The van der Waals surface area contributed by atoms with Gasteiger partial charge in [0, 0.05) is 37.4 Å². The monoisotopic (exact) mass is 247 g/mol. The zero-order chi connectivity index (χ0) is 13.0. The molecular weight excluding hydrogens is 222 g/mol. The van der Waals surface area contributed by atoms with Crippen molar-refractivity contribution in [1.29, 1.82) is 0 Å². The number of hydrogen-bond donors (Lipinski definition) is 1. The van der Waals surface area contributed by atoms with Crippen LogP contribution in [0.25, 0.3) is 0 Å². The Labute approximate surface area is 111 Å². The molecule has 1 saturated carbocycles. The molecule has 3 nitrogen and oxygen atoms in total. The Kier molecular flexibility index (Phi) is 4.59. The summed E-state index contributed by atoms with van der Waals surface area (Å²) < 4.78 is 0. The molecule has 0 unspecified atom stereocenters. The van der Waals surface area contributed by atoms with E-state index in [1.165, 1.54) is 24.9 Å². The number of nitrogens with zero attached hydrogens (tertiary/aromatic N) is 2. The molecule has 0 atom stereocenters. The molecule has 0 aromatic carbocycles. The predicted molar refractivity (Wildman–Crippen MR) is 76.7 cm³/mol. The first-order chi connectivity index (χ1) is 8.70. The molecule has 100 valence electrons. The van der Waals surface area contributed by atoms with E-state index in [1.807, 2.05) is 12.3 Å². The highest BCUT2D eigenvalue weighted by Crippen LogP contribution is 2.31. The summed E-state index contributed by atoms with van der Waals surface area (Å²) in [7, 11) is 0. The topological polar surface area (TPSA) is 28.2 Å². The van der Waals surface area contributed by atoms with Gasteiger partial charge in [0.2, 0.25) is 0 Å². The van der Waals surface area contributed by atoms with Gasteiger partial charge in [-0.15, -0.1) is 0 Å². The van der Waals surface area contributed by atoms with Gasteiger partial charge in [-0.3, -0.25) is 4.90 Å². The fourth-order valence-electron chi connectivity index (χ4n) is 2.20. The molecule has 0 amide bonds. The van der Waals surface area contributed by atoms with Crippen LogP contribution in [0, 0.1) is 5.92 Å². The van der Waals surface area contributed by atoms with Gasteiger partial charge in [-0.2, -0.15) is 0 Å². The van der Waals surface area contributed by atoms with Crippen molar-refractivity contribution in [3.63, 3.8) is 0 Å². The molecule has 1 heterocycles. The van der Waals surface area contributed by atoms with Crippen LogP contribution >= 0.6 is 0 Å². The summed E-state index contributed by atoms with van der Waals surface area (Å²) in [6.07, 6.45) is 4.69. The van der Waals surface area contributed by atoms with E-state index in [9.17, 15) is 0 Å². The van der Waals surface area contributed by atoms with E-state index in [0.717, 1.165) is 24.8 Å². The van der Waals surface area contributed by atoms with Crippen molar-refractivity contribution in [1.82, 2.24) is 9.88 Å². The molecule has 3 heteroatoms. The smallest absolute Gasteiger partial charge is 0.130 e. The molecule has 0 bridgehead atoms. The SMILES string of the molecule is CCNc1ncccc1CN(CC1CC1)C(C)C. The van der Waals surface area contributed by atoms with Gasteiger partial charge in [0.1, 0.15) is 5.82 Å². The first-order valence-corrected chi connectivity index (χ1v) is 7.12. The Balaban J connectivity index is 2.04. The summed E-state index contributed by atoms with van der Waals surface area (Å²) in [6.45, 7) is 9.84. The second kappa shape index (κ2) is 6.19. The van der Waals surface area contributed by atoms with Crippen LogP contribution in [0.5, 0.6) is 0 Å². The number of hydrogen-bond acceptors (Lipinski definition) is 3. The predicted octanol–water partition coefficient (Wildman–Crippen LogP) is 3.13. The van der Waals surface area contributed by atoms with Gasteiger partial charge in [0.15, 0.2) is 0 Å². The van der Waals surface area contributed by atoms with E-state index in [4.69, 9.17) is 0 Å². The molecule has 1 aliphatic rings. The van der Waals surface area contributed by atoms with Crippen LogP contribution in [0.1, 0.15) is 39.2 Å². The van der Waals surface area contributed by atoms with Crippen molar-refractivity contribution < 1.29 is 0 Å². The van der Waals surface area contributed by atoms with E-state index in [0.29, 0.717) is 6.04 Å². The van der Waals surface area contributed by atoms with Gasteiger partial charge >= 0.3 is 0 Å². The Hall–Kier alpha value is -1.09. The van der Waals surface area contributed by atoms with Crippen molar-refractivity contribution in [2.75, 3.05) is 18.4 Å². The molecule has 1 aromatic heterocycles. The lowest BCUT2D eigenvalue weighted by Crippen LogP contribution is -2.32. The Morgan fingerprint density at radius 3 is 2.83 bits per heavy atom. The minimum atomic E-state index is 0.597. The minimum Gasteiger partial charge on any atom is -0.370 e. The molecule has 0 aliphatic heterocycles. The summed E-state index contributed by atoms with van der Waals surface area (Å²) in [5, 5.41) is 3.35. The second-order valence-corrected chi connectivity index (χ2v) is 5.51. The van der Waals surface area contributed by atoms with E-state index in [1.54, 1.807) is 0 Å². The van der Waals surface area contributed by atoms with Crippen LogP contribution in [0.3, 0.4) is 0 Å². The van der Waals surface area contributed by atoms with E-state index < -0.39 is 0 Å². The molecule has 1 aliphatic carbocycles. The average Bonchev–Trinajstić information content (AvgIpc) is 3.15. The molecule has 1 aromatic rings. The minimum absolute atomic E-state index is 0.597. The lowest BCUT2D eigenvalue weighted by Gasteiger charge is -2.27. The van der Waals surface area contributed by atoms with Gasteiger partial charge < -0.3 is 5.32 Å².